The van der Waals surface area contributed by atoms with Crippen LogP contribution in [0.3, 0.4) is 0 Å². The summed E-state index contributed by atoms with van der Waals surface area (Å²) in [5, 5.41) is 18.8. The van der Waals surface area contributed by atoms with Crippen LogP contribution in [-0.4, -0.2) is 64.3 Å². The third-order valence-corrected chi connectivity index (χ3v) is 4.86. The van der Waals surface area contributed by atoms with Gasteiger partial charge in [0.25, 0.3) is 0 Å². The maximum absolute atomic E-state index is 12.4. The minimum Gasteiger partial charge on any atom is -0.481 e. The Balaban J connectivity index is 1.90. The summed E-state index contributed by atoms with van der Waals surface area (Å²) in [6, 6.07) is -0.00741. The first kappa shape index (κ1) is 15.1. The molecule has 0 atom stereocenters. The quantitative estimate of drug-likeness (QED) is 0.797. The number of rotatable bonds is 2. The van der Waals surface area contributed by atoms with Crippen LogP contribution in [0.4, 0.5) is 4.79 Å². The first-order valence-corrected chi connectivity index (χ1v) is 7.44. The molecule has 0 aromatic carbocycles. The molecule has 2 fully saturated rings. The Morgan fingerprint density at radius 3 is 2.05 bits per heavy atom. The molecule has 20 heavy (non-hydrogen) atoms. The highest BCUT2D eigenvalue weighted by atomic mass is 16.4. The van der Waals surface area contributed by atoms with E-state index < -0.39 is 11.4 Å². The van der Waals surface area contributed by atoms with E-state index in [1.165, 1.54) is 0 Å². The second-order valence-corrected chi connectivity index (χ2v) is 5.93. The van der Waals surface area contributed by atoms with Crippen LogP contribution in [-0.2, 0) is 4.79 Å². The number of hydrogen-bond acceptors (Lipinski definition) is 3. The van der Waals surface area contributed by atoms with Crippen molar-refractivity contribution in [1.82, 2.24) is 9.80 Å². The Kier molecular flexibility index (Phi) is 4.52. The minimum absolute atomic E-state index is 0.00741. The number of aliphatic hydroxyl groups excluding tert-OH is 1. The van der Waals surface area contributed by atoms with E-state index in [2.05, 4.69) is 0 Å². The fraction of sp³-hybridized carbons (Fsp3) is 0.857. The van der Waals surface area contributed by atoms with Crippen molar-refractivity contribution in [3.8, 4) is 0 Å². The van der Waals surface area contributed by atoms with E-state index in [0.29, 0.717) is 58.3 Å². The molecule has 0 aliphatic carbocycles. The zero-order valence-corrected chi connectivity index (χ0v) is 12.0. The van der Waals surface area contributed by atoms with E-state index in [9.17, 15) is 19.8 Å². The van der Waals surface area contributed by atoms with E-state index in [1.807, 2.05) is 6.92 Å². The number of carboxylic acid groups (broad SMARTS) is 1. The molecule has 2 saturated heterocycles. The Morgan fingerprint density at radius 2 is 1.60 bits per heavy atom. The van der Waals surface area contributed by atoms with Gasteiger partial charge in [-0.25, -0.2) is 4.79 Å². The predicted molar refractivity (Wildman–Crippen MR) is 73.4 cm³/mol. The number of carboxylic acids is 1. The smallest absolute Gasteiger partial charge is 0.320 e. The van der Waals surface area contributed by atoms with Crippen molar-refractivity contribution in [3.05, 3.63) is 0 Å². The van der Waals surface area contributed by atoms with Gasteiger partial charge in [-0.05, 0) is 32.1 Å². The molecule has 114 valence electrons. The molecule has 2 aliphatic heterocycles. The first-order chi connectivity index (χ1) is 9.48. The Morgan fingerprint density at radius 1 is 1.10 bits per heavy atom. The van der Waals surface area contributed by atoms with Crippen LogP contribution < -0.4 is 0 Å². The van der Waals surface area contributed by atoms with Crippen molar-refractivity contribution in [2.75, 3.05) is 26.2 Å². The van der Waals surface area contributed by atoms with Crippen molar-refractivity contribution in [3.63, 3.8) is 0 Å². The fourth-order valence-electron chi connectivity index (χ4n) is 3.10. The van der Waals surface area contributed by atoms with Gasteiger partial charge in [0.2, 0.25) is 0 Å². The summed E-state index contributed by atoms with van der Waals surface area (Å²) < 4.78 is 0. The van der Waals surface area contributed by atoms with Gasteiger partial charge in [-0.1, -0.05) is 6.92 Å². The van der Waals surface area contributed by atoms with E-state index >= 15 is 0 Å². The number of nitrogens with zero attached hydrogens (tertiary/aromatic N) is 2. The molecule has 6 heteroatoms. The predicted octanol–water partition coefficient (Wildman–Crippen LogP) is 1.14. The average Bonchev–Trinajstić information content (AvgIpc) is 2.47. The number of carbonyl (C=O) groups excluding carboxylic acids is 1. The summed E-state index contributed by atoms with van der Waals surface area (Å²) in [6.45, 7) is 4.11. The van der Waals surface area contributed by atoms with Crippen LogP contribution >= 0.6 is 0 Å². The summed E-state index contributed by atoms with van der Waals surface area (Å²) in [7, 11) is 0. The monoisotopic (exact) mass is 284 g/mol. The highest BCUT2D eigenvalue weighted by molar-refractivity contribution is 5.77. The zero-order chi connectivity index (χ0) is 14.8. The molecule has 0 saturated carbocycles. The molecule has 2 amide bonds. The van der Waals surface area contributed by atoms with E-state index in [0.717, 1.165) is 0 Å². The summed E-state index contributed by atoms with van der Waals surface area (Å²) >= 11 is 0. The lowest BCUT2D eigenvalue weighted by Crippen LogP contribution is -2.52. The van der Waals surface area contributed by atoms with Crippen LogP contribution in [0, 0.1) is 5.41 Å². The number of piperidine rings is 2. The molecule has 2 aliphatic rings. The highest BCUT2D eigenvalue weighted by Crippen LogP contribution is 2.35. The Bertz CT molecular complexity index is 369. The maximum atomic E-state index is 12.4. The third-order valence-electron chi connectivity index (χ3n) is 4.86. The van der Waals surface area contributed by atoms with Crippen molar-refractivity contribution in [2.24, 2.45) is 5.41 Å². The highest BCUT2D eigenvalue weighted by Gasteiger charge is 2.41. The van der Waals surface area contributed by atoms with Crippen LogP contribution in [0.5, 0.6) is 0 Å². The van der Waals surface area contributed by atoms with Gasteiger partial charge >= 0.3 is 12.0 Å². The lowest BCUT2D eigenvalue weighted by atomic mass is 9.76. The third kappa shape index (κ3) is 2.90. The molecule has 0 radical (unpaired) electrons. The van der Waals surface area contributed by atoms with Crippen molar-refractivity contribution in [2.45, 2.75) is 45.1 Å². The van der Waals surface area contributed by atoms with E-state index in [-0.39, 0.29) is 12.1 Å². The lowest BCUT2D eigenvalue weighted by Gasteiger charge is -2.41. The van der Waals surface area contributed by atoms with Crippen LogP contribution in [0.1, 0.15) is 39.0 Å². The van der Waals surface area contributed by atoms with Crippen LogP contribution in [0.2, 0.25) is 0 Å². The van der Waals surface area contributed by atoms with Crippen molar-refractivity contribution in [1.29, 1.82) is 0 Å². The molecule has 0 bridgehead atoms. The molecule has 0 unspecified atom stereocenters. The van der Waals surface area contributed by atoms with Crippen molar-refractivity contribution >= 4 is 12.0 Å². The standard InChI is InChI=1S/C14H24N2O4/c1-2-14(12(18)19)5-9-16(10-6-14)13(20)15-7-3-11(17)4-8-15/h11,17H,2-10H2,1H3,(H,18,19). The number of aliphatic carboxylic acids is 1. The summed E-state index contributed by atoms with van der Waals surface area (Å²) in [4.78, 5) is 27.3. The van der Waals surface area contributed by atoms with Gasteiger partial charge in [-0.2, -0.15) is 0 Å². The second kappa shape index (κ2) is 5.99. The molecule has 2 rings (SSSR count). The van der Waals surface area contributed by atoms with Gasteiger partial charge in [0, 0.05) is 26.2 Å². The molecular weight excluding hydrogens is 260 g/mol. The fourth-order valence-corrected chi connectivity index (χ4v) is 3.10. The van der Waals surface area contributed by atoms with Gasteiger partial charge in [0.1, 0.15) is 0 Å². The number of aliphatic hydroxyl groups is 1. The molecule has 2 N–H and O–H groups in total. The van der Waals surface area contributed by atoms with E-state index in [1.54, 1.807) is 9.80 Å². The average molecular weight is 284 g/mol. The first-order valence-electron chi connectivity index (χ1n) is 7.44. The van der Waals surface area contributed by atoms with Crippen LogP contribution in [0.15, 0.2) is 0 Å². The normalized spacial score (nSPS) is 23.7. The molecule has 0 aromatic heterocycles. The largest absolute Gasteiger partial charge is 0.481 e. The number of urea groups is 1. The van der Waals surface area contributed by atoms with Crippen molar-refractivity contribution < 1.29 is 19.8 Å². The SMILES string of the molecule is CCC1(C(=O)O)CCN(C(=O)N2CCC(O)CC2)CC1. The molecule has 0 aromatic rings. The molecular formula is C14H24N2O4. The van der Waals surface area contributed by atoms with E-state index in [4.69, 9.17) is 0 Å². The lowest BCUT2D eigenvalue weighted by molar-refractivity contribution is -0.152. The van der Waals surface area contributed by atoms with Gasteiger partial charge < -0.3 is 20.0 Å². The van der Waals surface area contributed by atoms with Gasteiger partial charge in [0.15, 0.2) is 0 Å². The number of carbonyl (C=O) groups is 2. The van der Waals surface area contributed by atoms with Crippen LogP contribution in [0.25, 0.3) is 0 Å². The summed E-state index contributed by atoms with van der Waals surface area (Å²) in [6.07, 6.45) is 2.64. The number of likely N-dealkylation sites (tertiary alicyclic amines) is 2. The maximum Gasteiger partial charge on any atom is 0.320 e. The number of amides is 2. The van der Waals surface area contributed by atoms with Gasteiger partial charge in [0.05, 0.1) is 11.5 Å². The Hall–Kier alpha value is -1.30. The molecule has 2 heterocycles. The minimum atomic E-state index is -0.742. The summed E-state index contributed by atoms with van der Waals surface area (Å²) in [5.74, 6) is -0.742. The second-order valence-electron chi connectivity index (χ2n) is 5.93. The zero-order valence-electron chi connectivity index (χ0n) is 12.0. The van der Waals surface area contributed by atoms with Gasteiger partial charge in [-0.3, -0.25) is 4.79 Å². The summed E-state index contributed by atoms with van der Waals surface area (Å²) in [5.41, 5.74) is -0.658. The Labute approximate surface area is 119 Å². The molecule has 0 spiro atoms. The molecule has 6 nitrogen and oxygen atoms in total. The number of hydrogen-bond donors (Lipinski definition) is 2. The topological polar surface area (TPSA) is 81.1 Å². The van der Waals surface area contributed by atoms with Gasteiger partial charge in [-0.15, -0.1) is 0 Å².